The largest absolute Gasteiger partial charge is 0.366 e. The molecule has 5 rings (SSSR count). The van der Waals surface area contributed by atoms with Crippen LogP contribution in [0.2, 0.25) is 5.02 Å². The molecule has 2 aromatic carbocycles. The Morgan fingerprint density at radius 3 is 2.74 bits per heavy atom. The van der Waals surface area contributed by atoms with Crippen LogP contribution in [-0.2, 0) is 13.6 Å². The minimum atomic E-state index is -0.153. The van der Waals surface area contributed by atoms with Crippen molar-refractivity contribution in [1.29, 1.82) is 0 Å². The number of hydrogen-bond acceptors (Lipinski definition) is 4. The lowest BCUT2D eigenvalue weighted by atomic mass is 10.1. The first kappa shape index (κ1) is 22.2. The molecule has 1 amide bonds. The van der Waals surface area contributed by atoms with E-state index in [0.29, 0.717) is 22.9 Å². The molecule has 0 bridgehead atoms. The zero-order chi connectivity index (χ0) is 23.7. The number of anilines is 2. The summed E-state index contributed by atoms with van der Waals surface area (Å²) in [5.41, 5.74) is 4.59. The summed E-state index contributed by atoms with van der Waals surface area (Å²) >= 11 is 9.95. The number of benzene rings is 2. The number of halogens is 2. The molecule has 7 nitrogen and oxygen atoms in total. The summed E-state index contributed by atoms with van der Waals surface area (Å²) in [4.78, 5) is 17.3. The predicted molar refractivity (Wildman–Crippen MR) is 138 cm³/mol. The van der Waals surface area contributed by atoms with Crippen molar-refractivity contribution in [3.63, 3.8) is 0 Å². The normalized spacial score (nSPS) is 11.0. The number of hydrogen-bond donors (Lipinski definition) is 2. The number of rotatable bonds is 6. The number of fused-ring (bicyclic) bond motifs is 1. The van der Waals surface area contributed by atoms with Gasteiger partial charge in [0.2, 0.25) is 0 Å². The van der Waals surface area contributed by atoms with Crippen LogP contribution in [0.5, 0.6) is 0 Å². The van der Waals surface area contributed by atoms with E-state index >= 15 is 0 Å². The number of amides is 1. The fraction of sp³-hybridized carbons (Fsp3) is 0.0800. The van der Waals surface area contributed by atoms with Crippen molar-refractivity contribution in [3.05, 3.63) is 99.9 Å². The average molecular weight is 536 g/mol. The summed E-state index contributed by atoms with van der Waals surface area (Å²) < 4.78 is 4.31. The molecule has 0 aliphatic heterocycles. The van der Waals surface area contributed by atoms with Crippen LogP contribution in [-0.4, -0.2) is 25.1 Å². The van der Waals surface area contributed by atoms with Gasteiger partial charge in [0.25, 0.3) is 5.91 Å². The van der Waals surface area contributed by atoms with E-state index in [1.54, 1.807) is 21.3 Å². The van der Waals surface area contributed by atoms with Crippen LogP contribution in [0.25, 0.3) is 16.9 Å². The Balaban J connectivity index is 1.40. The third kappa shape index (κ3) is 4.42. The number of carbonyl (C=O) groups excluding carboxylic acids is 1. The van der Waals surface area contributed by atoms with Crippen LogP contribution in [0.1, 0.15) is 16.1 Å². The number of aryl methyl sites for hydroxylation is 1. The first-order valence-electron chi connectivity index (χ1n) is 10.5. The molecule has 2 N–H and O–H groups in total. The first-order chi connectivity index (χ1) is 16.5. The molecule has 0 unspecified atom stereocenters. The maximum absolute atomic E-state index is 12.6. The van der Waals surface area contributed by atoms with E-state index in [9.17, 15) is 4.79 Å². The van der Waals surface area contributed by atoms with Gasteiger partial charge in [-0.15, -0.1) is 0 Å². The second kappa shape index (κ2) is 9.32. The van der Waals surface area contributed by atoms with Crippen LogP contribution in [0.15, 0.2) is 83.6 Å². The zero-order valence-corrected chi connectivity index (χ0v) is 20.5. The number of aromatic nitrogens is 4. The van der Waals surface area contributed by atoms with Crippen LogP contribution >= 0.6 is 27.5 Å². The molecule has 0 aliphatic rings. The molecule has 0 spiro atoms. The average Bonchev–Trinajstić information content (AvgIpc) is 3.43. The highest BCUT2D eigenvalue weighted by molar-refractivity contribution is 9.10. The maximum atomic E-state index is 12.6. The lowest BCUT2D eigenvalue weighted by Crippen LogP contribution is -2.15. The van der Waals surface area contributed by atoms with Crippen molar-refractivity contribution in [2.75, 3.05) is 10.6 Å². The van der Waals surface area contributed by atoms with Crippen molar-refractivity contribution in [1.82, 2.24) is 19.2 Å². The highest BCUT2D eigenvalue weighted by atomic mass is 79.9. The van der Waals surface area contributed by atoms with E-state index in [0.717, 1.165) is 32.8 Å². The smallest absolute Gasteiger partial charge is 0.272 e. The molecular weight excluding hydrogens is 516 g/mol. The van der Waals surface area contributed by atoms with Gasteiger partial charge in [0.05, 0.1) is 16.4 Å². The minimum Gasteiger partial charge on any atom is -0.366 e. The summed E-state index contributed by atoms with van der Waals surface area (Å²) in [5, 5.41) is 11.5. The molecule has 5 aromatic rings. The van der Waals surface area contributed by atoms with Crippen molar-refractivity contribution in [2.45, 2.75) is 6.54 Å². The number of nitrogens with zero attached hydrogens (tertiary/aromatic N) is 4. The molecule has 3 aromatic heterocycles. The van der Waals surface area contributed by atoms with E-state index in [4.69, 9.17) is 16.6 Å². The molecule has 0 saturated heterocycles. The van der Waals surface area contributed by atoms with E-state index in [1.807, 2.05) is 73.9 Å². The molecule has 170 valence electrons. The molecule has 3 heterocycles. The van der Waals surface area contributed by atoms with Crippen LogP contribution < -0.4 is 10.6 Å². The summed E-state index contributed by atoms with van der Waals surface area (Å²) in [6.45, 7) is 0.520. The zero-order valence-electron chi connectivity index (χ0n) is 18.2. The Bertz CT molecular complexity index is 1510. The highest BCUT2D eigenvalue weighted by Crippen LogP contribution is 2.30. The van der Waals surface area contributed by atoms with E-state index < -0.39 is 0 Å². The van der Waals surface area contributed by atoms with Gasteiger partial charge in [0.15, 0.2) is 5.65 Å². The fourth-order valence-corrected chi connectivity index (χ4v) is 4.29. The van der Waals surface area contributed by atoms with Gasteiger partial charge < -0.3 is 15.2 Å². The second-order valence-electron chi connectivity index (χ2n) is 7.75. The first-order valence-corrected chi connectivity index (χ1v) is 11.7. The summed E-state index contributed by atoms with van der Waals surface area (Å²) in [6, 6.07) is 20.9. The molecule has 0 fully saturated rings. The predicted octanol–water partition coefficient (Wildman–Crippen LogP) is 6.02. The number of carbonyl (C=O) groups is 1. The van der Waals surface area contributed by atoms with Crippen LogP contribution in [0, 0.1) is 0 Å². The summed E-state index contributed by atoms with van der Waals surface area (Å²) in [7, 11) is 1.84. The highest BCUT2D eigenvalue weighted by Gasteiger charge is 2.14. The van der Waals surface area contributed by atoms with Crippen molar-refractivity contribution in [2.24, 2.45) is 7.05 Å². The van der Waals surface area contributed by atoms with Gasteiger partial charge in [-0.3, -0.25) is 4.79 Å². The van der Waals surface area contributed by atoms with Gasteiger partial charge in [-0.25, -0.2) is 4.98 Å². The third-order valence-corrected chi connectivity index (χ3v) is 6.30. The Labute approximate surface area is 209 Å². The molecule has 9 heteroatoms. The molecular formula is C25H20BrClN6O. The molecule has 34 heavy (non-hydrogen) atoms. The lowest BCUT2D eigenvalue weighted by Gasteiger charge is -2.13. The maximum Gasteiger partial charge on any atom is 0.272 e. The topological polar surface area (TPSA) is 76.2 Å². The van der Waals surface area contributed by atoms with Gasteiger partial charge in [-0.05, 0) is 51.8 Å². The van der Waals surface area contributed by atoms with E-state index in [1.165, 1.54) is 0 Å². The lowest BCUT2D eigenvalue weighted by molar-refractivity contribution is 0.101. The SMILES string of the molecule is Cn1cccc1C(=O)Nc1cccc(CNc2cc(-c3ccccc3Cl)nc3c(Br)cnn23)c1. The molecule has 0 atom stereocenters. The van der Waals surface area contributed by atoms with Crippen LogP contribution in [0.3, 0.4) is 0 Å². The Morgan fingerprint density at radius 1 is 1.09 bits per heavy atom. The van der Waals surface area contributed by atoms with Crippen LogP contribution in [0.4, 0.5) is 11.5 Å². The molecule has 0 aliphatic carbocycles. The van der Waals surface area contributed by atoms with Gasteiger partial charge in [-0.2, -0.15) is 9.61 Å². The van der Waals surface area contributed by atoms with Gasteiger partial charge in [-0.1, -0.05) is 41.9 Å². The second-order valence-corrected chi connectivity index (χ2v) is 9.01. The van der Waals surface area contributed by atoms with Gasteiger partial charge >= 0.3 is 0 Å². The fourth-order valence-electron chi connectivity index (χ4n) is 3.71. The third-order valence-electron chi connectivity index (χ3n) is 5.41. The summed E-state index contributed by atoms with van der Waals surface area (Å²) in [5.74, 6) is 0.614. The van der Waals surface area contributed by atoms with E-state index in [-0.39, 0.29) is 5.91 Å². The standard InChI is InChI=1S/C25H20BrClN6O/c1-32-11-5-10-22(32)25(34)30-17-7-4-6-16(12-17)14-28-23-13-21(18-8-2-3-9-20(18)27)31-24-19(26)15-29-33(23)24/h2-13,15,28H,14H2,1H3,(H,30,34). The molecule has 0 radical (unpaired) electrons. The molecule has 0 saturated carbocycles. The monoisotopic (exact) mass is 534 g/mol. The van der Waals surface area contributed by atoms with Crippen molar-refractivity contribution < 1.29 is 4.79 Å². The quantitative estimate of drug-likeness (QED) is 0.279. The minimum absolute atomic E-state index is 0.153. The van der Waals surface area contributed by atoms with Gasteiger partial charge in [0, 0.05) is 42.1 Å². The van der Waals surface area contributed by atoms with E-state index in [2.05, 4.69) is 31.7 Å². The van der Waals surface area contributed by atoms with Gasteiger partial charge in [0.1, 0.15) is 11.5 Å². The van der Waals surface area contributed by atoms with Crippen molar-refractivity contribution >= 4 is 50.6 Å². The number of nitrogens with one attached hydrogen (secondary N) is 2. The van der Waals surface area contributed by atoms with Crippen molar-refractivity contribution in [3.8, 4) is 11.3 Å². The Hall–Kier alpha value is -3.62. The summed E-state index contributed by atoms with van der Waals surface area (Å²) in [6.07, 6.45) is 3.55. The Morgan fingerprint density at radius 2 is 1.94 bits per heavy atom. The Kier molecular flexibility index (Phi) is 6.08.